The smallest absolute Gasteiger partial charge is 0.165 e. The zero-order valence-electron chi connectivity index (χ0n) is 20.4. The molecule has 34 heavy (non-hydrogen) atoms. The second kappa shape index (κ2) is 15.0. The van der Waals surface area contributed by atoms with E-state index >= 15 is 0 Å². The van der Waals surface area contributed by atoms with Gasteiger partial charge < -0.3 is 4.74 Å². The van der Waals surface area contributed by atoms with Crippen LogP contribution < -0.4 is 4.74 Å². The van der Waals surface area contributed by atoms with Gasteiger partial charge in [-0.1, -0.05) is 62.7 Å². The molecule has 0 aliphatic carbocycles. The van der Waals surface area contributed by atoms with Gasteiger partial charge in [0, 0.05) is 34.5 Å². The Morgan fingerprint density at radius 1 is 0.971 bits per heavy atom. The fourth-order valence-electron chi connectivity index (χ4n) is 3.67. The first-order valence-corrected chi connectivity index (χ1v) is 13.3. The molecule has 0 bridgehead atoms. The summed E-state index contributed by atoms with van der Waals surface area (Å²) < 4.78 is 33.1. The van der Waals surface area contributed by atoms with Gasteiger partial charge in [-0.2, -0.15) is 0 Å². The number of thioether (sulfide) groups is 1. The molecule has 3 aromatic rings. The maximum absolute atomic E-state index is 13.9. The lowest BCUT2D eigenvalue weighted by atomic mass is 9.95. The van der Waals surface area contributed by atoms with E-state index < -0.39 is 5.82 Å². The van der Waals surface area contributed by atoms with E-state index in [4.69, 9.17) is 16.3 Å². The molecule has 0 saturated carbocycles. The van der Waals surface area contributed by atoms with Crippen LogP contribution in [0.5, 0.6) is 5.75 Å². The Kier molecular flexibility index (Phi) is 12.4. The Morgan fingerprint density at radius 3 is 2.24 bits per heavy atom. The van der Waals surface area contributed by atoms with Gasteiger partial charge in [0.05, 0.1) is 6.61 Å². The lowest BCUT2D eigenvalue weighted by Gasteiger charge is -2.30. The fourth-order valence-corrected chi connectivity index (χ4v) is 4.20. The van der Waals surface area contributed by atoms with Crippen LogP contribution in [-0.4, -0.2) is 30.9 Å². The van der Waals surface area contributed by atoms with Gasteiger partial charge in [0.15, 0.2) is 11.6 Å². The van der Waals surface area contributed by atoms with Crippen molar-refractivity contribution in [2.24, 2.45) is 5.92 Å². The molecule has 0 radical (unpaired) electrons. The van der Waals surface area contributed by atoms with E-state index in [0.29, 0.717) is 18.6 Å². The van der Waals surface area contributed by atoms with E-state index in [1.54, 1.807) is 11.8 Å². The number of halogens is 3. The number of nitrogens with zero attached hydrogens (tertiary/aromatic N) is 1. The second-order valence-corrected chi connectivity index (χ2v) is 9.01. The predicted octanol–water partition coefficient (Wildman–Crippen LogP) is 8.13. The second-order valence-electron chi connectivity index (χ2n) is 7.69. The van der Waals surface area contributed by atoms with Crippen molar-refractivity contribution in [1.29, 1.82) is 0 Å². The summed E-state index contributed by atoms with van der Waals surface area (Å²) in [7, 11) is 0. The van der Waals surface area contributed by atoms with Crippen LogP contribution in [0.25, 0.3) is 0 Å². The van der Waals surface area contributed by atoms with Gasteiger partial charge in [-0.3, -0.25) is 4.90 Å². The molecule has 2 nitrogen and oxygen atoms in total. The third-order valence-electron chi connectivity index (χ3n) is 5.37. The minimum absolute atomic E-state index is 0.0901. The molecule has 0 fully saturated rings. The van der Waals surface area contributed by atoms with E-state index in [-0.39, 0.29) is 17.5 Å². The molecule has 1 unspecified atom stereocenters. The van der Waals surface area contributed by atoms with Crippen molar-refractivity contribution in [3.8, 4) is 5.75 Å². The SMILES string of the molecule is CC.CCN(Cc1ccccc1)CC1COc2c(F)ccc(F)c2C1.CSc1ccc(Cl)cc1. The molecular formula is C28H34ClF2NOS. The van der Waals surface area contributed by atoms with Crippen LogP contribution in [0.4, 0.5) is 8.78 Å². The highest BCUT2D eigenvalue weighted by Gasteiger charge is 2.26. The molecule has 4 rings (SSSR count). The largest absolute Gasteiger partial charge is 0.490 e. The highest BCUT2D eigenvalue weighted by atomic mass is 35.5. The molecule has 3 aromatic carbocycles. The van der Waals surface area contributed by atoms with Crippen molar-refractivity contribution in [2.75, 3.05) is 26.0 Å². The van der Waals surface area contributed by atoms with Crippen molar-refractivity contribution in [3.63, 3.8) is 0 Å². The first-order valence-electron chi connectivity index (χ1n) is 11.7. The predicted molar refractivity (Wildman–Crippen MR) is 141 cm³/mol. The van der Waals surface area contributed by atoms with E-state index in [0.717, 1.165) is 30.7 Å². The molecule has 0 saturated heterocycles. The van der Waals surface area contributed by atoms with Gasteiger partial charge in [-0.05, 0) is 61.2 Å². The lowest BCUT2D eigenvalue weighted by Crippen LogP contribution is -2.35. The fraction of sp³-hybridized carbons (Fsp3) is 0.357. The Hall–Kier alpha value is -2.08. The zero-order chi connectivity index (χ0) is 24.9. The Balaban J connectivity index is 0.000000311. The molecule has 0 N–H and O–H groups in total. The van der Waals surface area contributed by atoms with Crippen molar-refractivity contribution in [2.45, 2.75) is 38.6 Å². The molecule has 0 aromatic heterocycles. The maximum Gasteiger partial charge on any atom is 0.165 e. The van der Waals surface area contributed by atoms with Gasteiger partial charge in [0.2, 0.25) is 0 Å². The number of hydrogen-bond acceptors (Lipinski definition) is 3. The van der Waals surface area contributed by atoms with Crippen LogP contribution in [0.2, 0.25) is 5.02 Å². The number of ether oxygens (including phenoxy) is 1. The van der Waals surface area contributed by atoms with Gasteiger partial charge in [0.25, 0.3) is 0 Å². The van der Waals surface area contributed by atoms with E-state index in [1.807, 2.05) is 62.6 Å². The summed E-state index contributed by atoms with van der Waals surface area (Å²) in [5.41, 5.74) is 1.63. The molecule has 184 valence electrons. The van der Waals surface area contributed by atoms with Crippen molar-refractivity contribution in [3.05, 3.63) is 94.5 Å². The van der Waals surface area contributed by atoms with E-state index in [1.165, 1.54) is 16.5 Å². The van der Waals surface area contributed by atoms with Crippen LogP contribution in [0.15, 0.2) is 71.6 Å². The average Bonchev–Trinajstić information content (AvgIpc) is 2.88. The molecule has 0 amide bonds. The van der Waals surface area contributed by atoms with Gasteiger partial charge in [0.1, 0.15) is 5.82 Å². The molecule has 1 aliphatic heterocycles. The van der Waals surface area contributed by atoms with Gasteiger partial charge in [-0.25, -0.2) is 8.78 Å². The van der Waals surface area contributed by atoms with E-state index in [9.17, 15) is 8.78 Å². The summed E-state index contributed by atoms with van der Waals surface area (Å²) in [4.78, 5) is 3.56. The topological polar surface area (TPSA) is 12.5 Å². The van der Waals surface area contributed by atoms with Crippen LogP contribution in [0.3, 0.4) is 0 Å². The minimum Gasteiger partial charge on any atom is -0.490 e. The third kappa shape index (κ3) is 8.61. The van der Waals surface area contributed by atoms with Crippen molar-refractivity contribution >= 4 is 23.4 Å². The van der Waals surface area contributed by atoms with Gasteiger partial charge in [-0.15, -0.1) is 11.8 Å². The monoisotopic (exact) mass is 505 g/mol. The number of benzene rings is 3. The minimum atomic E-state index is -0.475. The normalized spacial score (nSPS) is 14.2. The third-order valence-corrected chi connectivity index (χ3v) is 6.37. The van der Waals surface area contributed by atoms with Crippen molar-refractivity contribution in [1.82, 2.24) is 4.90 Å². The number of fused-ring (bicyclic) bond motifs is 1. The highest BCUT2D eigenvalue weighted by molar-refractivity contribution is 7.98. The molecule has 1 atom stereocenters. The van der Waals surface area contributed by atoms with Crippen molar-refractivity contribution < 1.29 is 13.5 Å². The Bertz CT molecular complexity index is 986. The summed E-state index contributed by atoms with van der Waals surface area (Å²) in [5, 5.41) is 0.799. The first-order chi connectivity index (χ1) is 16.5. The van der Waals surface area contributed by atoms with Crippen LogP contribution in [-0.2, 0) is 13.0 Å². The molecule has 1 aliphatic rings. The molecular weight excluding hydrogens is 472 g/mol. The highest BCUT2D eigenvalue weighted by Crippen LogP contribution is 2.32. The number of rotatable bonds is 6. The molecule has 0 spiro atoms. The van der Waals surface area contributed by atoms with Crippen LogP contribution in [0, 0.1) is 17.6 Å². The summed E-state index contributed by atoms with van der Waals surface area (Å²) in [5.74, 6) is -0.594. The molecule has 1 heterocycles. The summed E-state index contributed by atoms with van der Waals surface area (Å²) >= 11 is 7.38. The average molecular weight is 506 g/mol. The summed E-state index contributed by atoms with van der Waals surface area (Å²) in [6.45, 7) is 9.11. The van der Waals surface area contributed by atoms with Crippen LogP contribution in [0.1, 0.15) is 31.9 Å². The van der Waals surface area contributed by atoms with Crippen LogP contribution >= 0.6 is 23.4 Å². The first kappa shape index (κ1) is 28.2. The standard InChI is InChI=1S/C19H21F2NO.C7H7ClS.C2H6/c1-2-22(11-14-6-4-3-5-7-14)12-15-10-16-17(20)8-9-18(21)19(16)23-13-15;1-9-7-4-2-6(8)3-5-7;1-2/h3-9,15H,2,10-13H2,1H3;2-5H,1H3;1-2H3. The van der Waals surface area contributed by atoms with Gasteiger partial charge >= 0.3 is 0 Å². The Labute approximate surface area is 212 Å². The zero-order valence-corrected chi connectivity index (χ0v) is 21.9. The lowest BCUT2D eigenvalue weighted by molar-refractivity contribution is 0.152. The summed E-state index contributed by atoms with van der Waals surface area (Å²) in [6.07, 6.45) is 2.56. The van der Waals surface area contributed by atoms with E-state index in [2.05, 4.69) is 24.0 Å². The Morgan fingerprint density at radius 2 is 1.62 bits per heavy atom. The summed E-state index contributed by atoms with van der Waals surface area (Å²) in [6, 6.07) is 20.4. The quantitative estimate of drug-likeness (QED) is 0.314. The molecule has 6 heteroatoms. The maximum atomic E-state index is 13.9. The number of hydrogen-bond donors (Lipinski definition) is 0.